The van der Waals surface area contributed by atoms with E-state index in [1.807, 2.05) is 0 Å². The monoisotopic (exact) mass is 266 g/mol. The van der Waals surface area contributed by atoms with E-state index in [1.54, 1.807) is 0 Å². The van der Waals surface area contributed by atoms with Gasteiger partial charge in [-0.2, -0.15) is 0 Å². The van der Waals surface area contributed by atoms with E-state index in [9.17, 15) is 4.79 Å². The van der Waals surface area contributed by atoms with Gasteiger partial charge in [0.1, 0.15) is 0 Å². The van der Waals surface area contributed by atoms with Crippen molar-refractivity contribution in [3.05, 3.63) is 0 Å². The lowest BCUT2D eigenvalue weighted by atomic mass is 9.83. The molecule has 108 valence electrons. The second kappa shape index (κ2) is 5.41. The van der Waals surface area contributed by atoms with Crippen LogP contribution in [0.3, 0.4) is 0 Å². The highest BCUT2D eigenvalue weighted by atomic mass is 16.5. The summed E-state index contributed by atoms with van der Waals surface area (Å²) >= 11 is 0. The van der Waals surface area contributed by atoms with Gasteiger partial charge in [0.25, 0.3) is 0 Å². The third-order valence-electron chi connectivity index (χ3n) is 5.63. The summed E-state index contributed by atoms with van der Waals surface area (Å²) in [5.74, 6) is 1.98. The summed E-state index contributed by atoms with van der Waals surface area (Å²) in [7, 11) is 0. The highest BCUT2D eigenvalue weighted by Crippen LogP contribution is 2.47. The first kappa shape index (κ1) is 13.4. The molecule has 5 unspecified atom stereocenters. The number of amides is 1. The number of rotatable bonds is 3. The maximum atomic E-state index is 12.5. The zero-order valence-electron chi connectivity index (χ0n) is 11.8. The topological polar surface area (TPSA) is 64.4 Å². The number of carbonyl (C=O) groups is 1. The van der Waals surface area contributed by atoms with Crippen molar-refractivity contribution in [2.45, 2.75) is 51.1 Å². The Hall–Kier alpha value is -0.610. The number of hydrogen-bond acceptors (Lipinski definition) is 3. The van der Waals surface area contributed by atoms with Gasteiger partial charge in [-0.1, -0.05) is 0 Å². The minimum atomic E-state index is 0.0704. The Morgan fingerprint density at radius 3 is 2.53 bits per heavy atom. The van der Waals surface area contributed by atoms with Gasteiger partial charge < -0.3 is 15.8 Å². The second-order valence-corrected chi connectivity index (χ2v) is 6.68. The molecule has 0 aromatic rings. The molecule has 3 rings (SSSR count). The first-order valence-corrected chi connectivity index (χ1v) is 7.80. The van der Waals surface area contributed by atoms with Crippen LogP contribution in [0.2, 0.25) is 0 Å². The van der Waals surface area contributed by atoms with E-state index in [1.165, 1.54) is 19.3 Å². The molecule has 2 saturated carbocycles. The van der Waals surface area contributed by atoms with E-state index in [2.05, 4.69) is 12.2 Å². The standard InChI is InChI=1S/C15H26N2O2/c1-9(10-4-6-19-7-5-10)17-15(18)13-11-2-3-12(8-11)14(13)16/h9-14H,2-8,16H2,1H3,(H,17,18). The molecule has 19 heavy (non-hydrogen) atoms. The summed E-state index contributed by atoms with van der Waals surface area (Å²) in [5, 5.41) is 3.23. The van der Waals surface area contributed by atoms with Crippen molar-refractivity contribution >= 4 is 5.91 Å². The number of hydrogen-bond donors (Lipinski definition) is 2. The molecule has 0 radical (unpaired) electrons. The van der Waals surface area contributed by atoms with Gasteiger partial charge in [0.05, 0.1) is 5.92 Å². The molecule has 4 nitrogen and oxygen atoms in total. The van der Waals surface area contributed by atoms with Crippen molar-refractivity contribution in [3.63, 3.8) is 0 Å². The quantitative estimate of drug-likeness (QED) is 0.809. The van der Waals surface area contributed by atoms with Crippen molar-refractivity contribution in [2.24, 2.45) is 29.4 Å². The molecule has 3 fully saturated rings. The molecule has 0 spiro atoms. The van der Waals surface area contributed by atoms with Gasteiger partial charge >= 0.3 is 0 Å². The Bertz CT molecular complexity index is 339. The lowest BCUT2D eigenvalue weighted by Gasteiger charge is -2.32. The molecule has 2 aliphatic carbocycles. The normalized spacial score (nSPS) is 40.3. The van der Waals surface area contributed by atoms with Crippen LogP contribution in [0.5, 0.6) is 0 Å². The highest BCUT2D eigenvalue weighted by molar-refractivity contribution is 5.80. The zero-order chi connectivity index (χ0) is 13.4. The maximum absolute atomic E-state index is 12.5. The lowest BCUT2D eigenvalue weighted by molar-refractivity contribution is -0.128. The largest absolute Gasteiger partial charge is 0.381 e. The molecule has 0 aromatic heterocycles. The van der Waals surface area contributed by atoms with Crippen molar-refractivity contribution in [1.29, 1.82) is 0 Å². The third kappa shape index (κ3) is 2.52. The summed E-state index contributed by atoms with van der Waals surface area (Å²) in [6, 6.07) is 0.350. The lowest BCUT2D eigenvalue weighted by Crippen LogP contribution is -2.49. The molecule has 5 atom stereocenters. The van der Waals surface area contributed by atoms with Gasteiger partial charge in [-0.25, -0.2) is 0 Å². The van der Waals surface area contributed by atoms with E-state index in [0.29, 0.717) is 17.8 Å². The first-order valence-electron chi connectivity index (χ1n) is 7.80. The first-order chi connectivity index (χ1) is 9.16. The minimum absolute atomic E-state index is 0.0704. The van der Waals surface area contributed by atoms with Crippen LogP contribution in [0.15, 0.2) is 0 Å². The number of carbonyl (C=O) groups excluding carboxylic acids is 1. The number of nitrogens with one attached hydrogen (secondary N) is 1. The van der Waals surface area contributed by atoms with Gasteiger partial charge in [0, 0.05) is 25.3 Å². The van der Waals surface area contributed by atoms with Gasteiger partial charge in [0.2, 0.25) is 5.91 Å². The van der Waals surface area contributed by atoms with Crippen LogP contribution in [0.25, 0.3) is 0 Å². The number of nitrogens with two attached hydrogens (primary N) is 1. The van der Waals surface area contributed by atoms with Crippen molar-refractivity contribution in [1.82, 2.24) is 5.32 Å². The Kier molecular flexibility index (Phi) is 3.81. The molecular weight excluding hydrogens is 240 g/mol. The van der Waals surface area contributed by atoms with Crippen LogP contribution >= 0.6 is 0 Å². The molecule has 1 saturated heterocycles. The highest BCUT2D eigenvalue weighted by Gasteiger charge is 2.49. The van der Waals surface area contributed by atoms with Crippen LogP contribution < -0.4 is 11.1 Å². The summed E-state index contributed by atoms with van der Waals surface area (Å²) in [6.07, 6.45) is 5.71. The van der Waals surface area contributed by atoms with E-state index in [0.717, 1.165) is 26.1 Å². The fourth-order valence-corrected chi connectivity index (χ4v) is 4.38. The van der Waals surface area contributed by atoms with Gasteiger partial charge in [-0.3, -0.25) is 4.79 Å². The van der Waals surface area contributed by atoms with Crippen molar-refractivity contribution in [2.75, 3.05) is 13.2 Å². The average Bonchev–Trinajstić information content (AvgIpc) is 3.00. The Morgan fingerprint density at radius 1 is 1.21 bits per heavy atom. The van der Waals surface area contributed by atoms with Crippen LogP contribution in [-0.2, 0) is 9.53 Å². The van der Waals surface area contributed by atoms with E-state index in [4.69, 9.17) is 10.5 Å². The average molecular weight is 266 g/mol. The van der Waals surface area contributed by atoms with Gasteiger partial charge in [0.15, 0.2) is 0 Å². The molecule has 0 aromatic carbocycles. The summed E-state index contributed by atoms with van der Waals surface area (Å²) in [4.78, 5) is 12.5. The van der Waals surface area contributed by atoms with Gasteiger partial charge in [-0.05, 0) is 56.8 Å². The van der Waals surface area contributed by atoms with Crippen LogP contribution in [-0.4, -0.2) is 31.2 Å². The predicted octanol–water partition coefficient (Wildman–Crippen LogP) is 1.29. The number of ether oxygens (including phenoxy) is 1. The SMILES string of the molecule is CC(NC(=O)C1C2CCC(C2)C1N)C1CCOCC1. The van der Waals surface area contributed by atoms with Gasteiger partial charge in [-0.15, -0.1) is 0 Å². The maximum Gasteiger partial charge on any atom is 0.225 e. The Balaban J connectivity index is 1.56. The van der Waals surface area contributed by atoms with Crippen LogP contribution in [0.4, 0.5) is 0 Å². The van der Waals surface area contributed by atoms with Crippen molar-refractivity contribution in [3.8, 4) is 0 Å². The summed E-state index contributed by atoms with van der Waals surface area (Å²) in [5.41, 5.74) is 6.24. The third-order valence-corrected chi connectivity index (χ3v) is 5.63. The zero-order valence-corrected chi connectivity index (χ0v) is 11.8. The molecule has 1 heterocycles. The van der Waals surface area contributed by atoms with Crippen LogP contribution in [0.1, 0.15) is 39.0 Å². The smallest absolute Gasteiger partial charge is 0.225 e. The number of fused-ring (bicyclic) bond motifs is 2. The fraction of sp³-hybridized carbons (Fsp3) is 0.933. The molecule has 4 heteroatoms. The Labute approximate surface area is 115 Å². The predicted molar refractivity (Wildman–Crippen MR) is 73.4 cm³/mol. The van der Waals surface area contributed by atoms with E-state index < -0.39 is 0 Å². The van der Waals surface area contributed by atoms with Crippen LogP contribution in [0, 0.1) is 23.7 Å². The molecular formula is C15H26N2O2. The molecule has 3 aliphatic rings. The minimum Gasteiger partial charge on any atom is -0.381 e. The summed E-state index contributed by atoms with van der Waals surface area (Å²) < 4.78 is 5.38. The molecule has 2 bridgehead atoms. The van der Waals surface area contributed by atoms with E-state index in [-0.39, 0.29) is 23.9 Å². The van der Waals surface area contributed by atoms with E-state index >= 15 is 0 Å². The fourth-order valence-electron chi connectivity index (χ4n) is 4.38. The molecule has 1 aliphatic heterocycles. The Morgan fingerprint density at radius 2 is 1.89 bits per heavy atom. The summed E-state index contributed by atoms with van der Waals surface area (Å²) in [6.45, 7) is 3.80. The molecule has 1 amide bonds. The molecule has 3 N–H and O–H groups in total. The second-order valence-electron chi connectivity index (χ2n) is 6.68. The van der Waals surface area contributed by atoms with Crippen molar-refractivity contribution < 1.29 is 9.53 Å².